The Balaban J connectivity index is 3.94. The van der Waals surface area contributed by atoms with Crippen molar-refractivity contribution >= 4 is 11.9 Å². The number of carboxylic acid groups (broad SMARTS) is 1. The van der Waals surface area contributed by atoms with Crippen molar-refractivity contribution in [1.82, 2.24) is 5.32 Å². The predicted octanol–water partition coefficient (Wildman–Crippen LogP) is 1.76. The monoisotopic (exact) mass is 272 g/mol. The van der Waals surface area contributed by atoms with Gasteiger partial charge < -0.3 is 16.2 Å². The minimum absolute atomic E-state index is 0.0895. The van der Waals surface area contributed by atoms with Crippen LogP contribution in [0.25, 0.3) is 0 Å². The molecule has 5 nitrogen and oxygen atoms in total. The van der Waals surface area contributed by atoms with Crippen LogP contribution < -0.4 is 11.1 Å². The van der Waals surface area contributed by atoms with Crippen LogP contribution in [0.3, 0.4) is 0 Å². The fourth-order valence-corrected chi connectivity index (χ4v) is 1.84. The highest BCUT2D eigenvalue weighted by Gasteiger charge is 2.20. The molecule has 0 radical (unpaired) electrons. The second-order valence-electron chi connectivity index (χ2n) is 6.34. The summed E-state index contributed by atoms with van der Waals surface area (Å²) in [5.41, 5.74) is 5.69. The van der Waals surface area contributed by atoms with Gasteiger partial charge in [0.25, 0.3) is 0 Å². The van der Waals surface area contributed by atoms with Crippen LogP contribution in [0, 0.1) is 11.3 Å². The number of amides is 1. The number of carbonyl (C=O) groups excluding carboxylic acids is 1. The average molecular weight is 272 g/mol. The predicted molar refractivity (Wildman–Crippen MR) is 75.7 cm³/mol. The molecule has 1 atom stereocenters. The molecular formula is C14H28N2O3. The van der Waals surface area contributed by atoms with Gasteiger partial charge in [-0.05, 0) is 30.6 Å². The number of carbonyl (C=O) groups is 2. The van der Waals surface area contributed by atoms with Crippen LogP contribution in [-0.2, 0) is 9.59 Å². The van der Waals surface area contributed by atoms with Gasteiger partial charge in [0.15, 0.2) is 0 Å². The van der Waals surface area contributed by atoms with Gasteiger partial charge in [0.1, 0.15) is 0 Å². The lowest BCUT2D eigenvalue weighted by molar-refractivity contribution is -0.137. The SMILES string of the molecule is CC(C)C[C@H](N)C(=O)NCCC(C)(C)CCC(=O)O. The van der Waals surface area contributed by atoms with E-state index in [0.29, 0.717) is 25.3 Å². The summed E-state index contributed by atoms with van der Waals surface area (Å²) < 4.78 is 0. The molecular weight excluding hydrogens is 244 g/mol. The Morgan fingerprint density at radius 3 is 2.32 bits per heavy atom. The van der Waals surface area contributed by atoms with E-state index in [-0.39, 0.29) is 17.7 Å². The third-order valence-corrected chi connectivity index (χ3v) is 3.18. The van der Waals surface area contributed by atoms with Crippen molar-refractivity contribution in [2.24, 2.45) is 17.1 Å². The lowest BCUT2D eigenvalue weighted by Gasteiger charge is -2.24. The number of nitrogens with one attached hydrogen (secondary N) is 1. The van der Waals surface area contributed by atoms with Gasteiger partial charge in [-0.2, -0.15) is 0 Å². The van der Waals surface area contributed by atoms with E-state index in [1.54, 1.807) is 0 Å². The van der Waals surface area contributed by atoms with Crippen LogP contribution in [0.2, 0.25) is 0 Å². The van der Waals surface area contributed by atoms with E-state index < -0.39 is 12.0 Å². The fourth-order valence-electron chi connectivity index (χ4n) is 1.84. The molecule has 19 heavy (non-hydrogen) atoms. The summed E-state index contributed by atoms with van der Waals surface area (Å²) in [6.07, 6.45) is 2.19. The van der Waals surface area contributed by atoms with Gasteiger partial charge in [-0.15, -0.1) is 0 Å². The van der Waals surface area contributed by atoms with E-state index in [2.05, 4.69) is 5.32 Å². The first kappa shape index (κ1) is 17.9. The van der Waals surface area contributed by atoms with Crippen molar-refractivity contribution in [3.8, 4) is 0 Å². The first-order valence-electron chi connectivity index (χ1n) is 6.89. The van der Waals surface area contributed by atoms with Gasteiger partial charge in [-0.3, -0.25) is 9.59 Å². The third-order valence-electron chi connectivity index (χ3n) is 3.18. The summed E-state index contributed by atoms with van der Waals surface area (Å²) in [5, 5.41) is 11.5. The molecule has 0 saturated carbocycles. The highest BCUT2D eigenvalue weighted by Crippen LogP contribution is 2.25. The molecule has 0 aliphatic rings. The molecule has 0 unspecified atom stereocenters. The molecule has 0 rings (SSSR count). The van der Waals surface area contributed by atoms with Gasteiger partial charge in [-0.25, -0.2) is 0 Å². The molecule has 0 aromatic rings. The Labute approximate surface area is 115 Å². The number of rotatable bonds is 9. The number of aliphatic carboxylic acids is 1. The van der Waals surface area contributed by atoms with E-state index in [9.17, 15) is 9.59 Å². The van der Waals surface area contributed by atoms with Gasteiger partial charge in [-0.1, -0.05) is 27.7 Å². The van der Waals surface area contributed by atoms with Gasteiger partial charge in [0, 0.05) is 13.0 Å². The second kappa shape index (κ2) is 8.15. The Morgan fingerprint density at radius 1 is 1.26 bits per heavy atom. The maximum Gasteiger partial charge on any atom is 0.303 e. The molecule has 0 heterocycles. The zero-order valence-corrected chi connectivity index (χ0v) is 12.5. The summed E-state index contributed by atoms with van der Waals surface area (Å²) in [6, 6.07) is -0.456. The molecule has 1 amide bonds. The molecule has 0 aliphatic carbocycles. The molecule has 112 valence electrons. The average Bonchev–Trinajstić information content (AvgIpc) is 2.25. The van der Waals surface area contributed by atoms with Crippen molar-refractivity contribution in [3.05, 3.63) is 0 Å². The quantitative estimate of drug-likeness (QED) is 0.596. The summed E-state index contributed by atoms with van der Waals surface area (Å²) in [4.78, 5) is 22.2. The van der Waals surface area contributed by atoms with Crippen LogP contribution in [0.4, 0.5) is 0 Å². The van der Waals surface area contributed by atoms with Crippen LogP contribution in [0.5, 0.6) is 0 Å². The largest absolute Gasteiger partial charge is 0.481 e. The van der Waals surface area contributed by atoms with E-state index >= 15 is 0 Å². The first-order chi connectivity index (χ1) is 8.64. The summed E-state index contributed by atoms with van der Waals surface area (Å²) in [7, 11) is 0. The van der Waals surface area contributed by atoms with Crippen molar-refractivity contribution < 1.29 is 14.7 Å². The van der Waals surface area contributed by atoms with Crippen molar-refractivity contribution in [2.45, 2.75) is 59.4 Å². The molecule has 0 spiro atoms. The maximum atomic E-state index is 11.7. The Hall–Kier alpha value is -1.10. The minimum Gasteiger partial charge on any atom is -0.481 e. The number of hydrogen-bond acceptors (Lipinski definition) is 3. The molecule has 0 saturated heterocycles. The summed E-state index contributed by atoms with van der Waals surface area (Å²) >= 11 is 0. The molecule has 4 N–H and O–H groups in total. The van der Waals surface area contributed by atoms with E-state index in [4.69, 9.17) is 10.8 Å². The first-order valence-corrected chi connectivity index (χ1v) is 6.89. The zero-order chi connectivity index (χ0) is 15.1. The molecule has 0 bridgehead atoms. The molecule has 0 aromatic heterocycles. The van der Waals surface area contributed by atoms with E-state index in [0.717, 1.165) is 6.42 Å². The molecule has 0 fully saturated rings. The Kier molecular flexibility index (Phi) is 7.68. The number of nitrogens with two attached hydrogens (primary N) is 1. The standard InChI is InChI=1S/C14H28N2O3/c1-10(2)9-11(15)13(19)16-8-7-14(3,4)6-5-12(17)18/h10-11H,5-9,15H2,1-4H3,(H,16,19)(H,17,18)/t11-/m0/s1. The zero-order valence-electron chi connectivity index (χ0n) is 12.5. The summed E-state index contributed by atoms with van der Waals surface area (Å²) in [5.74, 6) is -0.508. The topological polar surface area (TPSA) is 92.4 Å². The van der Waals surface area contributed by atoms with Crippen molar-refractivity contribution in [1.29, 1.82) is 0 Å². The highest BCUT2D eigenvalue weighted by atomic mass is 16.4. The van der Waals surface area contributed by atoms with Crippen LogP contribution in [0.1, 0.15) is 53.4 Å². The van der Waals surface area contributed by atoms with Gasteiger partial charge in [0.2, 0.25) is 5.91 Å². The molecule has 0 aliphatic heterocycles. The lowest BCUT2D eigenvalue weighted by atomic mass is 9.84. The second-order valence-corrected chi connectivity index (χ2v) is 6.34. The van der Waals surface area contributed by atoms with Gasteiger partial charge >= 0.3 is 5.97 Å². The van der Waals surface area contributed by atoms with Crippen LogP contribution >= 0.6 is 0 Å². The lowest BCUT2D eigenvalue weighted by Crippen LogP contribution is -2.42. The highest BCUT2D eigenvalue weighted by molar-refractivity contribution is 5.81. The number of carboxylic acids is 1. The normalized spacial score (nSPS) is 13.4. The molecule has 0 aromatic carbocycles. The smallest absolute Gasteiger partial charge is 0.303 e. The number of hydrogen-bond donors (Lipinski definition) is 3. The molecule has 5 heteroatoms. The van der Waals surface area contributed by atoms with Crippen molar-refractivity contribution in [3.63, 3.8) is 0 Å². The third kappa shape index (κ3) is 9.47. The maximum absolute atomic E-state index is 11.7. The minimum atomic E-state index is -0.781. The Bertz CT molecular complexity index is 301. The fraction of sp³-hybridized carbons (Fsp3) is 0.857. The Morgan fingerprint density at radius 2 is 1.84 bits per heavy atom. The van der Waals surface area contributed by atoms with E-state index in [1.165, 1.54) is 0 Å². The van der Waals surface area contributed by atoms with Crippen LogP contribution in [-0.4, -0.2) is 29.6 Å². The summed E-state index contributed by atoms with van der Waals surface area (Å²) in [6.45, 7) is 8.62. The van der Waals surface area contributed by atoms with Crippen molar-refractivity contribution in [2.75, 3.05) is 6.54 Å². The van der Waals surface area contributed by atoms with E-state index in [1.807, 2.05) is 27.7 Å². The van der Waals surface area contributed by atoms with Gasteiger partial charge in [0.05, 0.1) is 6.04 Å². The van der Waals surface area contributed by atoms with Crippen LogP contribution in [0.15, 0.2) is 0 Å².